The molecule has 92 valence electrons. The summed E-state index contributed by atoms with van der Waals surface area (Å²) >= 11 is 1.79. The highest BCUT2D eigenvalue weighted by Crippen LogP contribution is 2.21. The molecule has 0 bridgehead atoms. The molecule has 0 spiro atoms. The van der Waals surface area contributed by atoms with E-state index >= 15 is 0 Å². The van der Waals surface area contributed by atoms with Crippen LogP contribution in [0.3, 0.4) is 0 Å². The quantitative estimate of drug-likeness (QED) is 0.496. The highest BCUT2D eigenvalue weighted by Gasteiger charge is 2.01. The Balaban J connectivity index is 2.73. The van der Waals surface area contributed by atoms with Crippen molar-refractivity contribution in [2.45, 2.75) is 32.1 Å². The Hall–Kier alpha value is -1.36. The van der Waals surface area contributed by atoms with Gasteiger partial charge in [0.25, 0.3) is 0 Å². The molecule has 0 aromatic carbocycles. The number of thioether (sulfide) groups is 1. The van der Waals surface area contributed by atoms with Crippen molar-refractivity contribution in [1.82, 2.24) is 10.4 Å². The lowest BCUT2D eigenvalue weighted by Gasteiger charge is -2.04. The third kappa shape index (κ3) is 4.99. The molecule has 1 aromatic heterocycles. The van der Waals surface area contributed by atoms with Gasteiger partial charge in [0.2, 0.25) is 5.91 Å². The van der Waals surface area contributed by atoms with E-state index in [9.17, 15) is 4.79 Å². The Bertz CT molecular complexity index is 418. The van der Waals surface area contributed by atoms with Crippen LogP contribution in [0.1, 0.15) is 31.5 Å². The molecule has 17 heavy (non-hydrogen) atoms. The van der Waals surface area contributed by atoms with Gasteiger partial charge >= 0.3 is 0 Å². The van der Waals surface area contributed by atoms with Crippen LogP contribution >= 0.6 is 11.8 Å². The van der Waals surface area contributed by atoms with Crippen molar-refractivity contribution in [2.24, 2.45) is 5.10 Å². The first-order valence-electron chi connectivity index (χ1n) is 5.52. The zero-order valence-corrected chi connectivity index (χ0v) is 11.2. The van der Waals surface area contributed by atoms with Gasteiger partial charge in [0.05, 0.1) is 11.9 Å². The Kier molecular flexibility index (Phi) is 5.69. The molecule has 1 amide bonds. The highest BCUT2D eigenvalue weighted by molar-refractivity contribution is 7.99. The van der Waals surface area contributed by atoms with E-state index in [1.54, 1.807) is 24.2 Å². The van der Waals surface area contributed by atoms with Crippen molar-refractivity contribution in [3.8, 4) is 0 Å². The smallest absolute Gasteiger partial charge is 0.236 e. The van der Waals surface area contributed by atoms with Crippen LogP contribution in [0, 0.1) is 6.92 Å². The second-order valence-electron chi connectivity index (χ2n) is 3.63. The summed E-state index contributed by atoms with van der Waals surface area (Å²) in [5.74, 6) is 0.899. The number of hydrazone groups is 1. The summed E-state index contributed by atoms with van der Waals surface area (Å²) < 4.78 is 0. The monoisotopic (exact) mass is 251 g/mol. The molecule has 0 atom stereocenters. The molecule has 1 heterocycles. The van der Waals surface area contributed by atoms with E-state index < -0.39 is 0 Å². The van der Waals surface area contributed by atoms with Gasteiger partial charge in [-0.3, -0.25) is 9.78 Å². The lowest BCUT2D eigenvalue weighted by atomic mass is 10.3. The average Bonchev–Trinajstić information content (AvgIpc) is 2.29. The van der Waals surface area contributed by atoms with Crippen LogP contribution in [0.15, 0.2) is 22.3 Å². The number of carbonyl (C=O) groups excluding carboxylic acids is 1. The fourth-order valence-electron chi connectivity index (χ4n) is 1.15. The number of nitrogens with one attached hydrogen (secondary N) is 1. The zero-order valence-electron chi connectivity index (χ0n) is 10.4. The number of nitrogens with zero attached hydrogens (tertiary/aromatic N) is 2. The summed E-state index contributed by atoms with van der Waals surface area (Å²) in [7, 11) is 0. The molecule has 1 rings (SSSR count). The number of aryl methyl sites for hydroxylation is 1. The molecule has 5 heteroatoms. The molecule has 0 unspecified atom stereocenters. The molecule has 4 nitrogen and oxygen atoms in total. The number of rotatable bonds is 5. The fourth-order valence-corrected chi connectivity index (χ4v) is 2.06. The zero-order chi connectivity index (χ0) is 12.7. The van der Waals surface area contributed by atoms with Crippen molar-refractivity contribution in [3.05, 3.63) is 23.5 Å². The molecule has 0 aliphatic rings. The molecule has 1 N–H and O–H groups in total. The van der Waals surface area contributed by atoms with Crippen molar-refractivity contribution in [2.75, 3.05) is 5.75 Å². The van der Waals surface area contributed by atoms with Crippen LogP contribution < -0.4 is 5.43 Å². The third-order valence-electron chi connectivity index (χ3n) is 1.96. The summed E-state index contributed by atoms with van der Waals surface area (Å²) in [6.45, 7) is 5.57. The Morgan fingerprint density at radius 3 is 3.06 bits per heavy atom. The SMILES string of the molecule is CCCSc1cc(/C=N/NC(C)=O)cnc1C. The van der Waals surface area contributed by atoms with Gasteiger partial charge in [-0.25, -0.2) is 5.43 Å². The Labute approximate surface area is 106 Å². The first-order valence-corrected chi connectivity index (χ1v) is 6.51. The summed E-state index contributed by atoms with van der Waals surface area (Å²) in [6.07, 6.45) is 4.48. The lowest BCUT2D eigenvalue weighted by molar-refractivity contribution is -0.118. The predicted octanol–water partition coefficient (Wildman–Crippen LogP) is 2.36. The molecule has 1 aromatic rings. The summed E-state index contributed by atoms with van der Waals surface area (Å²) in [5, 5.41) is 3.82. The summed E-state index contributed by atoms with van der Waals surface area (Å²) in [5.41, 5.74) is 4.29. The topological polar surface area (TPSA) is 54.4 Å². The summed E-state index contributed by atoms with van der Waals surface area (Å²) in [6, 6.07) is 2.04. The number of carbonyl (C=O) groups is 1. The van der Waals surface area contributed by atoms with Gasteiger partial charge in [-0.15, -0.1) is 11.8 Å². The second kappa shape index (κ2) is 7.06. The number of amides is 1. The van der Waals surface area contributed by atoms with E-state index in [4.69, 9.17) is 0 Å². The Morgan fingerprint density at radius 2 is 2.41 bits per heavy atom. The molecule has 0 aliphatic heterocycles. The Morgan fingerprint density at radius 1 is 1.65 bits per heavy atom. The molecule has 0 aliphatic carbocycles. The number of pyridine rings is 1. The van der Waals surface area contributed by atoms with Crippen LogP contribution in [0.2, 0.25) is 0 Å². The van der Waals surface area contributed by atoms with Crippen molar-refractivity contribution >= 4 is 23.9 Å². The second-order valence-corrected chi connectivity index (χ2v) is 4.76. The van der Waals surface area contributed by atoms with E-state index in [1.165, 1.54) is 11.8 Å². The molecule has 0 fully saturated rings. The van der Waals surface area contributed by atoms with Gasteiger partial charge < -0.3 is 0 Å². The van der Waals surface area contributed by atoms with Crippen LogP contribution in [0.5, 0.6) is 0 Å². The number of aromatic nitrogens is 1. The number of hydrogen-bond donors (Lipinski definition) is 1. The van der Waals surface area contributed by atoms with Crippen molar-refractivity contribution in [1.29, 1.82) is 0 Å². The minimum absolute atomic E-state index is 0.179. The van der Waals surface area contributed by atoms with Crippen LogP contribution in [0.4, 0.5) is 0 Å². The van der Waals surface area contributed by atoms with Gasteiger partial charge in [-0.2, -0.15) is 5.10 Å². The molecule has 0 saturated carbocycles. The summed E-state index contributed by atoms with van der Waals surface area (Å²) in [4.78, 5) is 16.1. The maximum Gasteiger partial charge on any atom is 0.236 e. The van der Waals surface area contributed by atoms with Gasteiger partial charge in [-0.1, -0.05) is 6.92 Å². The minimum Gasteiger partial charge on any atom is -0.274 e. The standard InChI is InChI=1S/C12H17N3OS/c1-4-5-17-12-6-11(7-13-9(12)2)8-14-15-10(3)16/h6-8H,4-5H2,1-3H3,(H,15,16)/b14-8+. The average molecular weight is 251 g/mol. The van der Waals surface area contributed by atoms with Crippen LogP contribution in [-0.2, 0) is 4.79 Å². The van der Waals surface area contributed by atoms with Gasteiger partial charge in [0.15, 0.2) is 0 Å². The van der Waals surface area contributed by atoms with Crippen LogP contribution in [-0.4, -0.2) is 22.9 Å². The largest absolute Gasteiger partial charge is 0.274 e. The van der Waals surface area contributed by atoms with Gasteiger partial charge in [0.1, 0.15) is 0 Å². The number of hydrogen-bond acceptors (Lipinski definition) is 4. The lowest BCUT2D eigenvalue weighted by Crippen LogP contribution is -2.12. The van der Waals surface area contributed by atoms with Crippen molar-refractivity contribution < 1.29 is 4.79 Å². The van der Waals surface area contributed by atoms with Gasteiger partial charge in [0, 0.05) is 23.6 Å². The van der Waals surface area contributed by atoms with Gasteiger partial charge in [-0.05, 0) is 25.2 Å². The van der Waals surface area contributed by atoms with E-state index in [1.807, 2.05) is 13.0 Å². The van der Waals surface area contributed by atoms with Crippen LogP contribution in [0.25, 0.3) is 0 Å². The first kappa shape index (κ1) is 13.7. The predicted molar refractivity (Wildman–Crippen MR) is 71.4 cm³/mol. The van der Waals surface area contributed by atoms with Crippen molar-refractivity contribution in [3.63, 3.8) is 0 Å². The minimum atomic E-state index is -0.179. The maximum absolute atomic E-state index is 10.7. The van der Waals surface area contributed by atoms with E-state index in [0.717, 1.165) is 23.4 Å². The normalized spacial score (nSPS) is 10.8. The molecular weight excluding hydrogens is 234 g/mol. The van der Waals surface area contributed by atoms with E-state index in [2.05, 4.69) is 22.4 Å². The fraction of sp³-hybridized carbons (Fsp3) is 0.417. The van der Waals surface area contributed by atoms with E-state index in [-0.39, 0.29) is 5.91 Å². The van der Waals surface area contributed by atoms with E-state index in [0.29, 0.717) is 0 Å². The molecular formula is C12H17N3OS. The molecule has 0 radical (unpaired) electrons. The first-order chi connectivity index (χ1) is 8.13. The maximum atomic E-state index is 10.7. The molecule has 0 saturated heterocycles. The highest BCUT2D eigenvalue weighted by atomic mass is 32.2. The third-order valence-corrected chi connectivity index (χ3v) is 3.30.